The normalized spacial score (nSPS) is 12.3. The Labute approximate surface area is 230 Å². The van der Waals surface area contributed by atoms with Crippen molar-refractivity contribution in [1.29, 1.82) is 0 Å². The van der Waals surface area contributed by atoms with E-state index in [0.717, 1.165) is 47.2 Å². The van der Waals surface area contributed by atoms with Crippen LogP contribution in [0.4, 0.5) is 13.2 Å². The highest BCUT2D eigenvalue weighted by Gasteiger charge is 2.42. The number of hydrogen-bond donors (Lipinski definition) is 0. The molecule has 2 aromatic carbocycles. The molecule has 3 nitrogen and oxygen atoms in total. The summed E-state index contributed by atoms with van der Waals surface area (Å²) in [6.07, 6.45) is 5.13. The molecule has 0 spiro atoms. The zero-order chi connectivity index (χ0) is 28.1. The molecule has 1 heterocycles. The largest absolute Gasteiger partial charge is 0.449 e. The quantitative estimate of drug-likeness (QED) is 0.142. The average molecular weight is 540 g/mol. The molecule has 0 amide bonds. The van der Waals surface area contributed by atoms with Crippen molar-refractivity contribution in [3.05, 3.63) is 78.1 Å². The van der Waals surface area contributed by atoms with Crippen LogP contribution in [0, 0.1) is 0 Å². The standard InChI is InChI=1S/C33H40F3NO2/c1-3-5-7-9-10-12-30-23-22-29(24-37-30)27-16-14-25(15-17-27)26-18-20-28(21-19-26)32(38)39-31(33(34,35)36)13-11-8-6-4-2/h14-24,31H,3-13H2,1-2H3/t31-/m1/s1. The number of hydrogen-bond acceptors (Lipinski definition) is 3. The van der Waals surface area contributed by atoms with E-state index in [-0.39, 0.29) is 12.0 Å². The number of alkyl halides is 3. The minimum absolute atomic E-state index is 0.106. The van der Waals surface area contributed by atoms with Crippen molar-refractivity contribution in [1.82, 2.24) is 4.98 Å². The topological polar surface area (TPSA) is 39.2 Å². The average Bonchev–Trinajstić information content (AvgIpc) is 2.94. The second-order valence-corrected chi connectivity index (χ2v) is 10.1. The molecular formula is C33H40F3NO2. The Morgan fingerprint density at radius 2 is 1.23 bits per heavy atom. The van der Waals surface area contributed by atoms with E-state index in [1.807, 2.05) is 37.4 Å². The number of halogens is 3. The number of carbonyl (C=O) groups excluding carboxylic acids is 1. The van der Waals surface area contributed by atoms with Crippen molar-refractivity contribution in [2.24, 2.45) is 0 Å². The van der Waals surface area contributed by atoms with Gasteiger partial charge in [0, 0.05) is 17.5 Å². The van der Waals surface area contributed by atoms with Crippen molar-refractivity contribution in [2.75, 3.05) is 0 Å². The Morgan fingerprint density at radius 1 is 0.718 bits per heavy atom. The van der Waals surface area contributed by atoms with E-state index in [4.69, 9.17) is 4.74 Å². The second kappa shape index (κ2) is 15.4. The van der Waals surface area contributed by atoms with Crippen molar-refractivity contribution < 1.29 is 22.7 Å². The van der Waals surface area contributed by atoms with E-state index >= 15 is 0 Å². The number of rotatable bonds is 15. The fraction of sp³-hybridized carbons (Fsp3) is 0.455. The van der Waals surface area contributed by atoms with E-state index < -0.39 is 18.2 Å². The number of unbranched alkanes of at least 4 members (excludes halogenated alkanes) is 7. The maximum Gasteiger partial charge on any atom is 0.425 e. The summed E-state index contributed by atoms with van der Waals surface area (Å²) in [5.74, 6) is -0.952. The third-order valence-electron chi connectivity index (χ3n) is 6.97. The zero-order valence-corrected chi connectivity index (χ0v) is 23.1. The van der Waals surface area contributed by atoms with Crippen LogP contribution in [0.25, 0.3) is 22.3 Å². The first kappa shape index (κ1) is 30.4. The van der Waals surface area contributed by atoms with E-state index in [1.165, 1.54) is 44.2 Å². The lowest BCUT2D eigenvalue weighted by molar-refractivity contribution is -0.206. The summed E-state index contributed by atoms with van der Waals surface area (Å²) in [5.41, 5.74) is 5.13. The van der Waals surface area contributed by atoms with E-state index in [0.29, 0.717) is 12.8 Å². The Kier molecular flexibility index (Phi) is 12.0. The van der Waals surface area contributed by atoms with Crippen molar-refractivity contribution >= 4 is 5.97 Å². The lowest BCUT2D eigenvalue weighted by Crippen LogP contribution is -2.33. The van der Waals surface area contributed by atoms with Crippen molar-refractivity contribution in [3.8, 4) is 22.3 Å². The number of esters is 1. The highest BCUT2D eigenvalue weighted by molar-refractivity contribution is 5.90. The molecule has 0 unspecified atom stereocenters. The van der Waals surface area contributed by atoms with E-state index in [2.05, 4.69) is 24.0 Å². The third kappa shape index (κ3) is 9.83. The molecule has 6 heteroatoms. The lowest BCUT2D eigenvalue weighted by Gasteiger charge is -2.20. The van der Waals surface area contributed by atoms with Crippen LogP contribution in [0.15, 0.2) is 66.9 Å². The maximum atomic E-state index is 13.4. The summed E-state index contributed by atoms with van der Waals surface area (Å²) in [7, 11) is 0. The Morgan fingerprint density at radius 3 is 1.77 bits per heavy atom. The monoisotopic (exact) mass is 539 g/mol. The Bertz CT molecular complexity index is 1120. The molecule has 0 aliphatic rings. The fourth-order valence-corrected chi connectivity index (χ4v) is 4.55. The summed E-state index contributed by atoms with van der Waals surface area (Å²) in [5, 5.41) is 0. The highest BCUT2D eigenvalue weighted by Crippen LogP contribution is 2.29. The third-order valence-corrected chi connectivity index (χ3v) is 6.97. The zero-order valence-electron chi connectivity index (χ0n) is 23.1. The van der Waals surface area contributed by atoms with Gasteiger partial charge in [0.25, 0.3) is 0 Å². The molecule has 0 saturated carbocycles. The minimum atomic E-state index is -4.58. The molecule has 0 radical (unpaired) electrons. The van der Waals surface area contributed by atoms with Gasteiger partial charge in [-0.25, -0.2) is 4.79 Å². The van der Waals surface area contributed by atoms with Crippen molar-refractivity contribution in [3.63, 3.8) is 0 Å². The molecule has 1 atom stereocenters. The Hall–Kier alpha value is -3.15. The van der Waals surface area contributed by atoms with Gasteiger partial charge >= 0.3 is 12.1 Å². The van der Waals surface area contributed by atoms with Gasteiger partial charge < -0.3 is 4.74 Å². The van der Waals surface area contributed by atoms with Crippen LogP contribution in [0.3, 0.4) is 0 Å². The number of nitrogens with zero attached hydrogens (tertiary/aromatic N) is 1. The first-order valence-electron chi connectivity index (χ1n) is 14.2. The highest BCUT2D eigenvalue weighted by atomic mass is 19.4. The van der Waals surface area contributed by atoms with Gasteiger partial charge in [0.15, 0.2) is 6.10 Å². The van der Waals surface area contributed by atoms with Gasteiger partial charge in [0.05, 0.1) is 5.56 Å². The molecule has 1 aromatic heterocycles. The van der Waals surface area contributed by atoms with Crippen LogP contribution in [0.5, 0.6) is 0 Å². The summed E-state index contributed by atoms with van der Waals surface area (Å²) >= 11 is 0. The van der Waals surface area contributed by atoms with Gasteiger partial charge in [0.2, 0.25) is 0 Å². The molecule has 0 bridgehead atoms. The van der Waals surface area contributed by atoms with Crippen LogP contribution in [0.1, 0.15) is 94.1 Å². The molecular weight excluding hydrogens is 499 g/mol. The predicted octanol–water partition coefficient (Wildman–Crippen LogP) is 9.99. The molecule has 0 saturated heterocycles. The lowest BCUT2D eigenvalue weighted by atomic mass is 10.00. The van der Waals surface area contributed by atoms with Crippen LogP contribution < -0.4 is 0 Å². The van der Waals surface area contributed by atoms with Crippen LogP contribution in [0.2, 0.25) is 0 Å². The first-order chi connectivity index (χ1) is 18.8. The molecule has 0 N–H and O–H groups in total. The SMILES string of the molecule is CCCCCCCc1ccc(-c2ccc(-c3ccc(C(=O)O[C@H](CCCCCC)C(F)(F)F)cc3)cc2)cn1. The van der Waals surface area contributed by atoms with Crippen LogP contribution in [-0.2, 0) is 11.2 Å². The summed E-state index contributed by atoms with van der Waals surface area (Å²) in [6.45, 7) is 4.21. The molecule has 3 aromatic rings. The van der Waals surface area contributed by atoms with E-state index in [9.17, 15) is 18.0 Å². The summed E-state index contributed by atoms with van der Waals surface area (Å²) in [4.78, 5) is 17.1. The van der Waals surface area contributed by atoms with E-state index in [1.54, 1.807) is 12.1 Å². The number of carbonyl (C=O) groups is 1. The van der Waals surface area contributed by atoms with Gasteiger partial charge in [-0.1, -0.05) is 101 Å². The number of ether oxygens (including phenoxy) is 1. The van der Waals surface area contributed by atoms with Gasteiger partial charge in [-0.3, -0.25) is 4.98 Å². The molecule has 39 heavy (non-hydrogen) atoms. The smallest absolute Gasteiger partial charge is 0.425 e. The number of aryl methyl sites for hydroxylation is 1. The maximum absolute atomic E-state index is 13.4. The molecule has 3 rings (SSSR count). The number of benzene rings is 2. The molecule has 0 aliphatic heterocycles. The van der Waals surface area contributed by atoms with Gasteiger partial charge in [-0.15, -0.1) is 0 Å². The van der Waals surface area contributed by atoms with Crippen LogP contribution in [-0.4, -0.2) is 23.2 Å². The first-order valence-corrected chi connectivity index (χ1v) is 14.2. The molecule has 0 fully saturated rings. The van der Waals surface area contributed by atoms with Gasteiger partial charge in [-0.05, 0) is 60.6 Å². The number of pyridine rings is 1. The second-order valence-electron chi connectivity index (χ2n) is 10.1. The molecule has 0 aliphatic carbocycles. The minimum Gasteiger partial charge on any atom is -0.449 e. The Balaban J connectivity index is 1.57. The van der Waals surface area contributed by atoms with Gasteiger partial charge in [-0.2, -0.15) is 13.2 Å². The molecule has 210 valence electrons. The van der Waals surface area contributed by atoms with Gasteiger partial charge in [0.1, 0.15) is 0 Å². The predicted molar refractivity (Wildman–Crippen MR) is 152 cm³/mol. The number of aromatic nitrogens is 1. The van der Waals surface area contributed by atoms with Crippen LogP contribution >= 0.6 is 0 Å². The fourth-order valence-electron chi connectivity index (χ4n) is 4.55. The summed E-state index contributed by atoms with van der Waals surface area (Å²) < 4.78 is 45.0. The van der Waals surface area contributed by atoms with Crippen molar-refractivity contribution in [2.45, 2.75) is 96.8 Å². The summed E-state index contributed by atoms with van der Waals surface area (Å²) in [6, 6.07) is 18.7.